The standard InChI is InChI=1S/C11H20N4O/c1-8-13-7-9(14-8)5-6-12-10(16)15-11(2,3)4/h7H,5-6H2,1-4H3,(H,13,14)(H2,12,15,16). The van der Waals surface area contributed by atoms with E-state index in [0.717, 1.165) is 17.9 Å². The van der Waals surface area contributed by atoms with Gasteiger partial charge in [-0.1, -0.05) is 0 Å². The lowest BCUT2D eigenvalue weighted by molar-refractivity contribution is 0.232. The van der Waals surface area contributed by atoms with E-state index in [1.165, 1.54) is 0 Å². The van der Waals surface area contributed by atoms with Gasteiger partial charge in [-0.25, -0.2) is 9.78 Å². The van der Waals surface area contributed by atoms with Gasteiger partial charge < -0.3 is 15.6 Å². The van der Waals surface area contributed by atoms with Crippen molar-refractivity contribution < 1.29 is 4.79 Å². The lowest BCUT2D eigenvalue weighted by Gasteiger charge is -2.20. The molecular weight excluding hydrogens is 204 g/mol. The summed E-state index contributed by atoms with van der Waals surface area (Å²) < 4.78 is 0. The van der Waals surface area contributed by atoms with Gasteiger partial charge in [0.2, 0.25) is 0 Å². The van der Waals surface area contributed by atoms with Gasteiger partial charge in [-0.2, -0.15) is 0 Å². The number of hydrogen-bond acceptors (Lipinski definition) is 2. The van der Waals surface area contributed by atoms with E-state index in [4.69, 9.17) is 0 Å². The summed E-state index contributed by atoms with van der Waals surface area (Å²) in [6.07, 6.45) is 2.55. The average Bonchev–Trinajstić information content (AvgIpc) is 2.48. The van der Waals surface area contributed by atoms with Crippen molar-refractivity contribution >= 4 is 6.03 Å². The highest BCUT2D eigenvalue weighted by Gasteiger charge is 2.12. The first-order valence-corrected chi connectivity index (χ1v) is 5.43. The van der Waals surface area contributed by atoms with Crippen LogP contribution in [0.3, 0.4) is 0 Å². The van der Waals surface area contributed by atoms with Gasteiger partial charge in [0.25, 0.3) is 0 Å². The molecule has 90 valence electrons. The molecule has 0 aliphatic rings. The third kappa shape index (κ3) is 4.82. The van der Waals surface area contributed by atoms with E-state index in [9.17, 15) is 4.79 Å². The van der Waals surface area contributed by atoms with Gasteiger partial charge >= 0.3 is 6.03 Å². The van der Waals surface area contributed by atoms with Crippen molar-refractivity contribution in [1.29, 1.82) is 0 Å². The Morgan fingerprint density at radius 3 is 2.69 bits per heavy atom. The van der Waals surface area contributed by atoms with Crippen LogP contribution in [0.5, 0.6) is 0 Å². The van der Waals surface area contributed by atoms with Crippen LogP contribution in [0.1, 0.15) is 32.3 Å². The quantitative estimate of drug-likeness (QED) is 0.725. The Labute approximate surface area is 96.0 Å². The van der Waals surface area contributed by atoms with Crippen LogP contribution in [0.2, 0.25) is 0 Å². The van der Waals surface area contributed by atoms with E-state index in [2.05, 4.69) is 20.6 Å². The molecule has 0 unspecified atom stereocenters. The summed E-state index contributed by atoms with van der Waals surface area (Å²) in [6, 6.07) is -0.135. The highest BCUT2D eigenvalue weighted by molar-refractivity contribution is 5.74. The van der Waals surface area contributed by atoms with Gasteiger partial charge in [-0.15, -0.1) is 0 Å². The molecule has 1 aromatic heterocycles. The summed E-state index contributed by atoms with van der Waals surface area (Å²) in [5, 5.41) is 5.63. The number of hydrogen-bond donors (Lipinski definition) is 3. The molecule has 1 rings (SSSR count). The second kappa shape index (κ2) is 5.01. The Kier molecular flexibility index (Phi) is 3.93. The average molecular weight is 224 g/mol. The molecule has 0 aromatic carbocycles. The van der Waals surface area contributed by atoms with Gasteiger partial charge in [0.1, 0.15) is 5.82 Å². The largest absolute Gasteiger partial charge is 0.346 e. The predicted molar refractivity (Wildman–Crippen MR) is 63.3 cm³/mol. The summed E-state index contributed by atoms with van der Waals surface area (Å²) >= 11 is 0. The van der Waals surface area contributed by atoms with Crippen molar-refractivity contribution in [1.82, 2.24) is 20.6 Å². The van der Waals surface area contributed by atoms with Gasteiger partial charge in [-0.3, -0.25) is 0 Å². The number of nitrogens with zero attached hydrogens (tertiary/aromatic N) is 1. The maximum atomic E-state index is 11.4. The molecule has 0 saturated heterocycles. The molecule has 0 fully saturated rings. The number of urea groups is 1. The molecule has 1 heterocycles. The van der Waals surface area contributed by atoms with Crippen molar-refractivity contribution in [3.8, 4) is 0 Å². The first kappa shape index (κ1) is 12.5. The molecule has 5 heteroatoms. The molecule has 0 saturated carbocycles. The molecule has 0 spiro atoms. The minimum Gasteiger partial charge on any atom is -0.346 e. The Morgan fingerprint density at radius 1 is 1.50 bits per heavy atom. The van der Waals surface area contributed by atoms with E-state index in [-0.39, 0.29) is 11.6 Å². The molecule has 0 radical (unpaired) electrons. The monoisotopic (exact) mass is 224 g/mol. The van der Waals surface area contributed by atoms with Crippen LogP contribution in [-0.2, 0) is 6.42 Å². The number of aromatic nitrogens is 2. The zero-order valence-corrected chi connectivity index (χ0v) is 10.3. The van der Waals surface area contributed by atoms with Crippen molar-refractivity contribution in [3.05, 3.63) is 17.7 Å². The number of amides is 2. The Hall–Kier alpha value is -1.52. The topological polar surface area (TPSA) is 69.8 Å². The molecule has 2 amide bonds. The molecule has 0 aliphatic heterocycles. The number of imidazole rings is 1. The zero-order valence-electron chi connectivity index (χ0n) is 10.3. The molecule has 3 N–H and O–H groups in total. The van der Waals surface area contributed by atoms with E-state index in [0.29, 0.717) is 6.54 Å². The van der Waals surface area contributed by atoms with E-state index >= 15 is 0 Å². The lowest BCUT2D eigenvalue weighted by atomic mass is 10.1. The summed E-state index contributed by atoms with van der Waals surface area (Å²) in [7, 11) is 0. The Bertz CT molecular complexity index is 351. The van der Waals surface area contributed by atoms with E-state index < -0.39 is 0 Å². The number of carbonyl (C=O) groups excluding carboxylic acids is 1. The highest BCUT2D eigenvalue weighted by Crippen LogP contribution is 1.98. The SMILES string of the molecule is Cc1ncc(CCNC(=O)NC(C)(C)C)[nH]1. The van der Waals surface area contributed by atoms with Crippen LogP contribution < -0.4 is 10.6 Å². The molecular formula is C11H20N4O. The van der Waals surface area contributed by atoms with Crippen molar-refractivity contribution in [2.75, 3.05) is 6.54 Å². The molecule has 5 nitrogen and oxygen atoms in total. The zero-order chi connectivity index (χ0) is 12.2. The number of carbonyl (C=O) groups is 1. The highest BCUT2D eigenvalue weighted by atomic mass is 16.2. The van der Waals surface area contributed by atoms with Crippen molar-refractivity contribution in [2.24, 2.45) is 0 Å². The van der Waals surface area contributed by atoms with Crippen LogP contribution >= 0.6 is 0 Å². The maximum Gasteiger partial charge on any atom is 0.315 e. The number of H-pyrrole nitrogens is 1. The van der Waals surface area contributed by atoms with Crippen LogP contribution in [0, 0.1) is 6.92 Å². The lowest BCUT2D eigenvalue weighted by Crippen LogP contribution is -2.46. The first-order valence-electron chi connectivity index (χ1n) is 5.43. The smallest absolute Gasteiger partial charge is 0.315 e. The fourth-order valence-electron chi connectivity index (χ4n) is 1.29. The van der Waals surface area contributed by atoms with Crippen molar-refractivity contribution in [3.63, 3.8) is 0 Å². The number of rotatable bonds is 3. The first-order chi connectivity index (χ1) is 7.37. The summed E-state index contributed by atoms with van der Waals surface area (Å²) in [6.45, 7) is 8.35. The molecule has 16 heavy (non-hydrogen) atoms. The maximum absolute atomic E-state index is 11.4. The summed E-state index contributed by atoms with van der Waals surface area (Å²) in [5.74, 6) is 0.897. The number of nitrogens with one attached hydrogen (secondary N) is 3. The van der Waals surface area contributed by atoms with Crippen molar-refractivity contribution in [2.45, 2.75) is 39.7 Å². The van der Waals surface area contributed by atoms with Crippen LogP contribution in [0.25, 0.3) is 0 Å². The number of aryl methyl sites for hydroxylation is 1. The molecule has 0 atom stereocenters. The molecule has 0 bridgehead atoms. The van der Waals surface area contributed by atoms with Gasteiger partial charge in [-0.05, 0) is 27.7 Å². The van der Waals surface area contributed by atoms with Crippen LogP contribution in [-0.4, -0.2) is 28.1 Å². The van der Waals surface area contributed by atoms with Gasteiger partial charge in [0.15, 0.2) is 0 Å². The van der Waals surface area contributed by atoms with E-state index in [1.54, 1.807) is 6.20 Å². The minimum atomic E-state index is -0.200. The fourth-order valence-corrected chi connectivity index (χ4v) is 1.29. The number of aromatic amines is 1. The molecule has 1 aromatic rings. The summed E-state index contributed by atoms with van der Waals surface area (Å²) in [5.41, 5.74) is 0.836. The van der Waals surface area contributed by atoms with Gasteiger partial charge in [0, 0.05) is 30.4 Å². The fraction of sp³-hybridized carbons (Fsp3) is 0.636. The molecule has 0 aliphatic carbocycles. The predicted octanol–water partition coefficient (Wildman–Crippen LogP) is 1.36. The van der Waals surface area contributed by atoms with Crippen LogP contribution in [0.15, 0.2) is 6.20 Å². The Balaban J connectivity index is 2.23. The second-order valence-corrected chi connectivity index (χ2v) is 4.87. The second-order valence-electron chi connectivity index (χ2n) is 4.87. The minimum absolute atomic E-state index is 0.135. The van der Waals surface area contributed by atoms with E-state index in [1.807, 2.05) is 27.7 Å². The van der Waals surface area contributed by atoms with Gasteiger partial charge in [0.05, 0.1) is 0 Å². The Morgan fingerprint density at radius 2 is 2.19 bits per heavy atom. The third-order valence-electron chi connectivity index (χ3n) is 1.92. The third-order valence-corrected chi connectivity index (χ3v) is 1.92. The normalized spacial score (nSPS) is 11.2. The summed E-state index contributed by atoms with van der Waals surface area (Å²) in [4.78, 5) is 18.6. The van der Waals surface area contributed by atoms with Crippen LogP contribution in [0.4, 0.5) is 4.79 Å².